The van der Waals surface area contributed by atoms with Gasteiger partial charge in [-0.25, -0.2) is 9.78 Å². The number of carbonyl (C=O) groups excluding carboxylic acids is 1. The van der Waals surface area contributed by atoms with Crippen molar-refractivity contribution in [2.75, 3.05) is 5.32 Å². The van der Waals surface area contributed by atoms with Gasteiger partial charge in [-0.3, -0.25) is 9.78 Å². The minimum atomic E-state index is -0.553. The molecule has 116 valence electrons. The second kappa shape index (κ2) is 5.58. The molecule has 0 aliphatic rings. The van der Waals surface area contributed by atoms with E-state index >= 15 is 0 Å². The summed E-state index contributed by atoms with van der Waals surface area (Å²) in [5.74, 6) is -0.342. The van der Waals surface area contributed by atoms with E-state index in [0.717, 1.165) is 5.52 Å². The van der Waals surface area contributed by atoms with Crippen LogP contribution < -0.4 is 10.9 Å². The van der Waals surface area contributed by atoms with Crippen molar-refractivity contribution in [1.82, 2.24) is 9.97 Å². The van der Waals surface area contributed by atoms with E-state index in [2.05, 4.69) is 15.3 Å². The molecule has 4 rings (SSSR count). The maximum atomic E-state index is 12.3. The van der Waals surface area contributed by atoms with Crippen molar-refractivity contribution in [3.63, 3.8) is 0 Å². The lowest BCUT2D eigenvalue weighted by Crippen LogP contribution is -2.16. The molecule has 0 saturated heterocycles. The average molecular weight is 317 g/mol. The highest BCUT2D eigenvalue weighted by atomic mass is 16.4. The average Bonchev–Trinajstić information content (AvgIpc) is 2.61. The first-order valence-corrected chi connectivity index (χ1v) is 7.27. The van der Waals surface area contributed by atoms with E-state index in [9.17, 15) is 9.59 Å². The van der Waals surface area contributed by atoms with Gasteiger partial charge in [0.1, 0.15) is 0 Å². The first-order valence-electron chi connectivity index (χ1n) is 7.27. The zero-order valence-electron chi connectivity index (χ0n) is 12.4. The van der Waals surface area contributed by atoms with Gasteiger partial charge < -0.3 is 9.73 Å². The first-order chi connectivity index (χ1) is 11.7. The molecule has 2 aromatic heterocycles. The predicted molar refractivity (Wildman–Crippen MR) is 90.0 cm³/mol. The van der Waals surface area contributed by atoms with Crippen LogP contribution >= 0.6 is 0 Å². The van der Waals surface area contributed by atoms with E-state index in [1.165, 1.54) is 12.3 Å². The number of nitrogens with zero attached hydrogens (tertiary/aromatic N) is 2. The van der Waals surface area contributed by atoms with E-state index in [1.54, 1.807) is 30.3 Å². The van der Waals surface area contributed by atoms with Crippen LogP contribution in [0.2, 0.25) is 0 Å². The first kappa shape index (κ1) is 14.1. The topological polar surface area (TPSA) is 85.1 Å². The molecule has 1 amide bonds. The largest absolute Gasteiger partial charge is 0.417 e. The third-order valence-corrected chi connectivity index (χ3v) is 3.58. The highest BCUT2D eigenvalue weighted by Crippen LogP contribution is 2.14. The molecule has 2 heterocycles. The number of carbonyl (C=O) groups is 1. The van der Waals surface area contributed by atoms with Gasteiger partial charge in [-0.05, 0) is 29.7 Å². The SMILES string of the molecule is O=C(Nc1cnc2ccccc2n1)c1cc2ccccc2c(=O)o1. The van der Waals surface area contributed by atoms with Crippen molar-refractivity contribution in [1.29, 1.82) is 0 Å². The molecular weight excluding hydrogens is 306 g/mol. The molecule has 6 heteroatoms. The Morgan fingerprint density at radius 2 is 1.75 bits per heavy atom. The molecular formula is C18H11N3O3. The van der Waals surface area contributed by atoms with Gasteiger partial charge in [0, 0.05) is 0 Å². The summed E-state index contributed by atoms with van der Waals surface area (Å²) in [6.45, 7) is 0. The van der Waals surface area contributed by atoms with Gasteiger partial charge in [0.25, 0.3) is 5.91 Å². The molecule has 0 radical (unpaired) electrons. The van der Waals surface area contributed by atoms with Crippen molar-refractivity contribution in [3.05, 3.63) is 77.0 Å². The van der Waals surface area contributed by atoms with Gasteiger partial charge in [0.05, 0.1) is 22.6 Å². The summed E-state index contributed by atoms with van der Waals surface area (Å²) >= 11 is 0. The van der Waals surface area contributed by atoms with Crippen LogP contribution in [0.4, 0.5) is 5.82 Å². The summed E-state index contributed by atoms with van der Waals surface area (Å²) in [4.78, 5) is 32.8. The Balaban J connectivity index is 1.69. The summed E-state index contributed by atoms with van der Waals surface area (Å²) in [6, 6.07) is 15.8. The fourth-order valence-corrected chi connectivity index (χ4v) is 2.44. The molecule has 0 fully saturated rings. The zero-order valence-corrected chi connectivity index (χ0v) is 12.4. The molecule has 0 saturated carbocycles. The number of hydrogen-bond acceptors (Lipinski definition) is 5. The fourth-order valence-electron chi connectivity index (χ4n) is 2.44. The van der Waals surface area contributed by atoms with Crippen LogP contribution in [0.25, 0.3) is 21.8 Å². The number of rotatable bonds is 2. The lowest BCUT2D eigenvalue weighted by atomic mass is 10.1. The molecule has 6 nitrogen and oxygen atoms in total. The summed E-state index contributed by atoms with van der Waals surface area (Å²) in [7, 11) is 0. The molecule has 0 aliphatic carbocycles. The second-order valence-corrected chi connectivity index (χ2v) is 5.18. The Labute approximate surface area is 135 Å². The zero-order chi connectivity index (χ0) is 16.5. The Kier molecular flexibility index (Phi) is 3.28. The Bertz CT molecular complexity index is 1130. The lowest BCUT2D eigenvalue weighted by molar-refractivity contribution is 0.0992. The number of aromatic nitrogens is 2. The highest BCUT2D eigenvalue weighted by molar-refractivity contribution is 6.03. The number of anilines is 1. The van der Waals surface area contributed by atoms with Crippen molar-refractivity contribution in [3.8, 4) is 0 Å². The fraction of sp³-hybridized carbons (Fsp3) is 0. The molecule has 4 aromatic rings. The van der Waals surface area contributed by atoms with Crippen LogP contribution in [0.3, 0.4) is 0 Å². The van der Waals surface area contributed by atoms with Crippen LogP contribution in [0.15, 0.2) is 70.0 Å². The summed E-state index contributed by atoms with van der Waals surface area (Å²) in [5, 5.41) is 3.67. The molecule has 2 aromatic carbocycles. The van der Waals surface area contributed by atoms with Gasteiger partial charge >= 0.3 is 5.63 Å². The molecule has 0 aliphatic heterocycles. The van der Waals surface area contributed by atoms with Gasteiger partial charge in [0.15, 0.2) is 11.6 Å². The van der Waals surface area contributed by atoms with E-state index in [1.807, 2.05) is 18.2 Å². The van der Waals surface area contributed by atoms with E-state index in [0.29, 0.717) is 16.3 Å². The summed E-state index contributed by atoms with van der Waals surface area (Å²) in [5.41, 5.74) is 0.839. The molecule has 0 spiro atoms. The van der Waals surface area contributed by atoms with Crippen molar-refractivity contribution in [2.24, 2.45) is 0 Å². The van der Waals surface area contributed by atoms with Crippen LogP contribution in [0, 0.1) is 0 Å². The minimum absolute atomic E-state index is 0.0753. The molecule has 24 heavy (non-hydrogen) atoms. The van der Waals surface area contributed by atoms with Gasteiger partial charge in [-0.15, -0.1) is 0 Å². The minimum Gasteiger partial charge on any atom is -0.417 e. The van der Waals surface area contributed by atoms with Gasteiger partial charge in [0.2, 0.25) is 0 Å². The summed E-state index contributed by atoms with van der Waals surface area (Å²) < 4.78 is 5.10. The van der Waals surface area contributed by atoms with Crippen molar-refractivity contribution in [2.45, 2.75) is 0 Å². The normalized spacial score (nSPS) is 10.8. The lowest BCUT2D eigenvalue weighted by Gasteiger charge is -2.05. The maximum Gasteiger partial charge on any atom is 0.344 e. The third-order valence-electron chi connectivity index (χ3n) is 3.58. The second-order valence-electron chi connectivity index (χ2n) is 5.18. The monoisotopic (exact) mass is 317 g/mol. The Morgan fingerprint density at radius 1 is 1.00 bits per heavy atom. The third kappa shape index (κ3) is 2.50. The van der Waals surface area contributed by atoms with Crippen LogP contribution in [-0.2, 0) is 0 Å². The quantitative estimate of drug-likeness (QED) is 0.614. The smallest absolute Gasteiger partial charge is 0.344 e. The van der Waals surface area contributed by atoms with Crippen LogP contribution in [-0.4, -0.2) is 15.9 Å². The highest BCUT2D eigenvalue weighted by Gasteiger charge is 2.13. The van der Waals surface area contributed by atoms with Gasteiger partial charge in [-0.1, -0.05) is 30.3 Å². The number of benzene rings is 2. The standard InChI is InChI=1S/C18H11N3O3/c22-17(15-9-11-5-1-2-6-12(11)18(23)24-15)21-16-10-19-13-7-3-4-8-14(13)20-16/h1-10H,(H,20,21,22). The van der Waals surface area contributed by atoms with E-state index in [-0.39, 0.29) is 11.6 Å². The Hall–Kier alpha value is -3.54. The molecule has 0 bridgehead atoms. The van der Waals surface area contributed by atoms with Gasteiger partial charge in [-0.2, -0.15) is 0 Å². The van der Waals surface area contributed by atoms with Crippen molar-refractivity contribution < 1.29 is 9.21 Å². The molecule has 0 unspecified atom stereocenters. The number of hydrogen-bond donors (Lipinski definition) is 1. The number of amides is 1. The van der Waals surface area contributed by atoms with Crippen LogP contribution in [0.5, 0.6) is 0 Å². The number of fused-ring (bicyclic) bond motifs is 2. The van der Waals surface area contributed by atoms with Crippen molar-refractivity contribution >= 4 is 33.5 Å². The van der Waals surface area contributed by atoms with E-state index < -0.39 is 11.5 Å². The Morgan fingerprint density at radius 3 is 2.62 bits per heavy atom. The molecule has 0 atom stereocenters. The molecule has 1 N–H and O–H groups in total. The van der Waals surface area contributed by atoms with Crippen LogP contribution in [0.1, 0.15) is 10.6 Å². The maximum absolute atomic E-state index is 12.3. The predicted octanol–water partition coefficient (Wildman–Crippen LogP) is 2.99. The summed E-state index contributed by atoms with van der Waals surface area (Å²) in [6.07, 6.45) is 1.46. The van der Waals surface area contributed by atoms with E-state index in [4.69, 9.17) is 4.42 Å². The number of nitrogens with one attached hydrogen (secondary N) is 1. The number of para-hydroxylation sites is 2.